The summed E-state index contributed by atoms with van der Waals surface area (Å²) < 4.78 is 37.6. The molecule has 1 aromatic carbocycles. The summed E-state index contributed by atoms with van der Waals surface area (Å²) in [4.78, 5) is 0. The SMILES string of the molecule is CC(F)(F)c1cc(/C=C/CN)c2c(c1)OCCO2. The molecule has 1 aliphatic rings. The van der Waals surface area contributed by atoms with E-state index in [0.717, 1.165) is 6.92 Å². The number of ether oxygens (including phenoxy) is 2. The molecule has 0 saturated heterocycles. The van der Waals surface area contributed by atoms with Gasteiger partial charge >= 0.3 is 0 Å². The standard InChI is InChI=1S/C13H15F2NO2/c1-13(14,15)10-7-9(3-2-4-16)12-11(8-10)17-5-6-18-12/h2-3,7-8H,4-6,16H2,1H3/b3-2+. The Morgan fingerprint density at radius 2 is 2.06 bits per heavy atom. The van der Waals surface area contributed by atoms with E-state index in [1.54, 1.807) is 12.2 Å². The van der Waals surface area contributed by atoms with Crippen molar-refractivity contribution in [2.45, 2.75) is 12.8 Å². The first kappa shape index (κ1) is 12.8. The van der Waals surface area contributed by atoms with Crippen LogP contribution in [0.1, 0.15) is 18.1 Å². The Hall–Kier alpha value is -1.62. The van der Waals surface area contributed by atoms with Crippen LogP contribution in [-0.4, -0.2) is 19.8 Å². The number of nitrogens with two attached hydrogens (primary N) is 1. The van der Waals surface area contributed by atoms with Gasteiger partial charge in [0.15, 0.2) is 11.5 Å². The molecule has 0 saturated carbocycles. The lowest BCUT2D eigenvalue weighted by molar-refractivity contribution is 0.0169. The fourth-order valence-corrected chi connectivity index (χ4v) is 1.75. The molecule has 2 N–H and O–H groups in total. The van der Waals surface area contributed by atoms with Crippen molar-refractivity contribution in [3.8, 4) is 11.5 Å². The van der Waals surface area contributed by atoms with Crippen LogP contribution in [0.4, 0.5) is 8.78 Å². The van der Waals surface area contributed by atoms with Gasteiger partial charge in [-0.3, -0.25) is 0 Å². The molecule has 0 atom stereocenters. The van der Waals surface area contributed by atoms with Crippen molar-refractivity contribution >= 4 is 6.08 Å². The highest BCUT2D eigenvalue weighted by Gasteiger charge is 2.28. The van der Waals surface area contributed by atoms with Gasteiger partial charge in [-0.15, -0.1) is 0 Å². The molecule has 1 aromatic rings. The summed E-state index contributed by atoms with van der Waals surface area (Å²) in [6.45, 7) is 1.97. The van der Waals surface area contributed by atoms with Gasteiger partial charge in [0, 0.05) is 24.6 Å². The minimum Gasteiger partial charge on any atom is -0.486 e. The quantitative estimate of drug-likeness (QED) is 0.902. The molecule has 18 heavy (non-hydrogen) atoms. The molecular weight excluding hydrogens is 240 g/mol. The zero-order valence-electron chi connectivity index (χ0n) is 10.1. The molecule has 0 amide bonds. The number of rotatable bonds is 3. The average Bonchev–Trinajstić information content (AvgIpc) is 2.34. The Labute approximate surface area is 104 Å². The Morgan fingerprint density at radius 1 is 1.33 bits per heavy atom. The zero-order valence-corrected chi connectivity index (χ0v) is 10.1. The van der Waals surface area contributed by atoms with Gasteiger partial charge in [0.25, 0.3) is 5.92 Å². The van der Waals surface area contributed by atoms with Crippen LogP contribution in [0.5, 0.6) is 11.5 Å². The van der Waals surface area contributed by atoms with Crippen molar-refractivity contribution in [2.75, 3.05) is 19.8 Å². The van der Waals surface area contributed by atoms with Crippen LogP contribution < -0.4 is 15.2 Å². The molecule has 3 nitrogen and oxygen atoms in total. The van der Waals surface area contributed by atoms with E-state index in [1.807, 2.05) is 0 Å². The summed E-state index contributed by atoms with van der Waals surface area (Å²) in [7, 11) is 0. The minimum atomic E-state index is -2.92. The van der Waals surface area contributed by atoms with E-state index < -0.39 is 5.92 Å². The first-order valence-electron chi connectivity index (χ1n) is 5.71. The van der Waals surface area contributed by atoms with Gasteiger partial charge in [-0.05, 0) is 12.1 Å². The summed E-state index contributed by atoms with van der Waals surface area (Å²) in [5.41, 5.74) is 5.84. The average molecular weight is 255 g/mol. The second-order valence-electron chi connectivity index (χ2n) is 4.12. The summed E-state index contributed by atoms with van der Waals surface area (Å²) >= 11 is 0. The van der Waals surface area contributed by atoms with Gasteiger partial charge in [0.2, 0.25) is 0 Å². The van der Waals surface area contributed by atoms with E-state index in [2.05, 4.69) is 0 Å². The molecule has 98 valence electrons. The zero-order chi connectivity index (χ0) is 13.2. The van der Waals surface area contributed by atoms with Crippen molar-refractivity contribution in [3.63, 3.8) is 0 Å². The van der Waals surface area contributed by atoms with Gasteiger partial charge in [-0.2, -0.15) is 0 Å². The lowest BCUT2D eigenvalue weighted by Crippen LogP contribution is -2.18. The third-order valence-electron chi connectivity index (χ3n) is 2.61. The van der Waals surface area contributed by atoms with Crippen molar-refractivity contribution in [2.24, 2.45) is 5.73 Å². The van der Waals surface area contributed by atoms with Gasteiger partial charge < -0.3 is 15.2 Å². The van der Waals surface area contributed by atoms with Crippen LogP contribution in [-0.2, 0) is 5.92 Å². The van der Waals surface area contributed by atoms with Crippen LogP contribution in [0.25, 0.3) is 6.08 Å². The van der Waals surface area contributed by atoms with E-state index >= 15 is 0 Å². The van der Waals surface area contributed by atoms with Gasteiger partial charge in [-0.1, -0.05) is 12.2 Å². The van der Waals surface area contributed by atoms with Crippen LogP contribution in [0.3, 0.4) is 0 Å². The fourth-order valence-electron chi connectivity index (χ4n) is 1.75. The van der Waals surface area contributed by atoms with Gasteiger partial charge in [0.1, 0.15) is 13.2 Å². The van der Waals surface area contributed by atoms with Crippen LogP contribution >= 0.6 is 0 Å². The largest absolute Gasteiger partial charge is 0.486 e. The van der Waals surface area contributed by atoms with Crippen LogP contribution in [0.2, 0.25) is 0 Å². The molecule has 0 aliphatic carbocycles. The Kier molecular flexibility index (Phi) is 3.52. The highest BCUT2D eigenvalue weighted by molar-refractivity contribution is 5.64. The summed E-state index contributed by atoms with van der Waals surface area (Å²) in [5.74, 6) is -2.06. The molecule has 0 aromatic heterocycles. The first-order valence-corrected chi connectivity index (χ1v) is 5.71. The molecule has 2 rings (SSSR count). The van der Waals surface area contributed by atoms with E-state index in [1.165, 1.54) is 12.1 Å². The number of benzene rings is 1. The lowest BCUT2D eigenvalue weighted by atomic mass is 10.0. The van der Waals surface area contributed by atoms with Gasteiger partial charge in [0.05, 0.1) is 0 Å². The minimum absolute atomic E-state index is 0.0941. The highest BCUT2D eigenvalue weighted by atomic mass is 19.3. The number of halogens is 2. The van der Waals surface area contributed by atoms with Crippen LogP contribution in [0.15, 0.2) is 18.2 Å². The van der Waals surface area contributed by atoms with Crippen molar-refractivity contribution in [1.29, 1.82) is 0 Å². The second kappa shape index (κ2) is 4.94. The van der Waals surface area contributed by atoms with Crippen LogP contribution in [0, 0.1) is 0 Å². The lowest BCUT2D eigenvalue weighted by Gasteiger charge is -2.22. The maximum absolute atomic E-state index is 13.4. The second-order valence-corrected chi connectivity index (χ2v) is 4.12. The molecule has 0 radical (unpaired) electrons. The third kappa shape index (κ3) is 2.61. The highest BCUT2D eigenvalue weighted by Crippen LogP contribution is 2.40. The first-order chi connectivity index (χ1) is 8.52. The van der Waals surface area contributed by atoms with E-state index in [-0.39, 0.29) is 5.56 Å². The Morgan fingerprint density at radius 3 is 2.72 bits per heavy atom. The topological polar surface area (TPSA) is 44.5 Å². The molecule has 0 fully saturated rings. The molecule has 1 aliphatic heterocycles. The van der Waals surface area contributed by atoms with Gasteiger partial charge in [-0.25, -0.2) is 8.78 Å². The Bertz CT molecular complexity index is 467. The Balaban J connectivity index is 2.51. The normalized spacial score (nSPS) is 15.1. The third-order valence-corrected chi connectivity index (χ3v) is 2.61. The maximum Gasteiger partial charge on any atom is 0.270 e. The van der Waals surface area contributed by atoms with Crippen molar-refractivity contribution in [3.05, 3.63) is 29.3 Å². The summed E-state index contributed by atoms with van der Waals surface area (Å²) in [5, 5.41) is 0. The van der Waals surface area contributed by atoms with Crippen molar-refractivity contribution < 1.29 is 18.3 Å². The summed E-state index contributed by atoms with van der Waals surface area (Å²) in [6, 6.07) is 2.73. The fraction of sp³-hybridized carbons (Fsp3) is 0.385. The summed E-state index contributed by atoms with van der Waals surface area (Å²) in [6.07, 6.45) is 3.36. The molecule has 5 heteroatoms. The number of hydrogen-bond acceptors (Lipinski definition) is 3. The monoisotopic (exact) mass is 255 g/mol. The maximum atomic E-state index is 13.4. The number of hydrogen-bond donors (Lipinski definition) is 1. The molecular formula is C13H15F2NO2. The number of alkyl halides is 2. The molecule has 1 heterocycles. The van der Waals surface area contributed by atoms with E-state index in [0.29, 0.717) is 36.8 Å². The van der Waals surface area contributed by atoms with Crippen molar-refractivity contribution in [1.82, 2.24) is 0 Å². The number of fused-ring (bicyclic) bond motifs is 1. The molecule has 0 unspecified atom stereocenters. The van der Waals surface area contributed by atoms with E-state index in [9.17, 15) is 8.78 Å². The molecule has 0 spiro atoms. The van der Waals surface area contributed by atoms with E-state index in [4.69, 9.17) is 15.2 Å². The smallest absolute Gasteiger partial charge is 0.270 e. The predicted octanol–water partition coefficient (Wildman–Crippen LogP) is 2.54. The molecule has 0 bridgehead atoms. The predicted molar refractivity (Wildman–Crippen MR) is 65.1 cm³/mol.